The minimum absolute atomic E-state index is 0.0401. The number of pyridine rings is 1. The quantitative estimate of drug-likeness (QED) is 0.742. The molecule has 0 aliphatic carbocycles. The van der Waals surface area contributed by atoms with E-state index in [1.165, 1.54) is 0 Å². The minimum atomic E-state index is 0.0401. The van der Waals surface area contributed by atoms with Gasteiger partial charge in [-0.1, -0.05) is 41.9 Å². The van der Waals surface area contributed by atoms with Crippen molar-refractivity contribution in [2.45, 2.75) is 13.0 Å². The Morgan fingerprint density at radius 1 is 1.18 bits per heavy atom. The first-order valence-electron chi connectivity index (χ1n) is 7.03. The van der Waals surface area contributed by atoms with Crippen molar-refractivity contribution in [2.24, 2.45) is 0 Å². The predicted molar refractivity (Wildman–Crippen MR) is 86.8 cm³/mol. The molecular weight excluding hydrogens is 298 g/mol. The van der Waals surface area contributed by atoms with Crippen molar-refractivity contribution in [3.63, 3.8) is 0 Å². The van der Waals surface area contributed by atoms with E-state index in [2.05, 4.69) is 4.98 Å². The maximum atomic E-state index is 12.3. The Kier molecular flexibility index (Phi) is 4.11. The van der Waals surface area contributed by atoms with Gasteiger partial charge >= 0.3 is 0 Å². The highest BCUT2D eigenvalue weighted by molar-refractivity contribution is 6.30. The summed E-state index contributed by atoms with van der Waals surface area (Å²) >= 11 is 5.95. The molecule has 0 spiro atoms. The van der Waals surface area contributed by atoms with Crippen LogP contribution >= 0.6 is 11.6 Å². The number of amides is 1. The van der Waals surface area contributed by atoms with Crippen molar-refractivity contribution in [3.8, 4) is 0 Å². The summed E-state index contributed by atoms with van der Waals surface area (Å²) < 4.78 is 1.84. The Balaban J connectivity index is 1.69. The number of rotatable bonds is 4. The minimum Gasteiger partial charge on any atom is -0.341 e. The molecule has 5 heteroatoms. The molecule has 3 rings (SSSR count). The molecule has 2 aromatic heterocycles. The number of halogens is 1. The molecule has 112 valence electrons. The Morgan fingerprint density at radius 2 is 1.95 bits per heavy atom. The molecule has 0 fully saturated rings. The van der Waals surface area contributed by atoms with Crippen LogP contribution in [0.4, 0.5) is 0 Å². The fourth-order valence-corrected chi connectivity index (χ4v) is 2.51. The van der Waals surface area contributed by atoms with E-state index in [-0.39, 0.29) is 12.3 Å². The molecule has 0 bridgehead atoms. The molecule has 3 aromatic rings. The predicted octanol–water partition coefficient (Wildman–Crippen LogP) is 3.19. The lowest BCUT2D eigenvalue weighted by Gasteiger charge is -2.16. The first-order valence-corrected chi connectivity index (χ1v) is 7.40. The van der Waals surface area contributed by atoms with Crippen LogP contribution in [0.5, 0.6) is 0 Å². The van der Waals surface area contributed by atoms with Gasteiger partial charge in [0.05, 0.1) is 17.1 Å². The van der Waals surface area contributed by atoms with Gasteiger partial charge in [-0.3, -0.25) is 4.79 Å². The number of likely N-dealkylation sites (N-methyl/N-ethyl adjacent to an activating group) is 1. The summed E-state index contributed by atoms with van der Waals surface area (Å²) in [5, 5.41) is 0.643. The van der Waals surface area contributed by atoms with Crippen LogP contribution in [0.15, 0.2) is 54.9 Å². The highest BCUT2D eigenvalue weighted by Gasteiger charge is 2.12. The van der Waals surface area contributed by atoms with Gasteiger partial charge in [0, 0.05) is 26.0 Å². The summed E-state index contributed by atoms with van der Waals surface area (Å²) in [6, 6.07) is 13.6. The highest BCUT2D eigenvalue weighted by Crippen LogP contribution is 2.13. The van der Waals surface area contributed by atoms with E-state index in [1.54, 1.807) is 17.2 Å². The monoisotopic (exact) mass is 313 g/mol. The average Bonchev–Trinajstić information content (AvgIpc) is 2.89. The second-order valence-corrected chi connectivity index (χ2v) is 5.69. The molecular formula is C17H16ClN3O. The molecule has 0 aliphatic heterocycles. The second-order valence-electron chi connectivity index (χ2n) is 5.26. The zero-order valence-corrected chi connectivity index (χ0v) is 13.0. The Bertz CT molecular complexity index is 798. The standard InChI is InChI=1S/C17H16ClN3O/c1-20(10-13-5-3-2-4-6-13)17(22)9-15-12-21-11-14(18)7-8-16(21)19-15/h2-8,11-12H,9-10H2,1H3. The molecule has 0 atom stereocenters. The Morgan fingerprint density at radius 3 is 2.73 bits per heavy atom. The molecule has 1 aromatic carbocycles. The number of aromatic nitrogens is 2. The summed E-state index contributed by atoms with van der Waals surface area (Å²) in [6.45, 7) is 0.596. The van der Waals surface area contributed by atoms with Crippen LogP contribution < -0.4 is 0 Å². The lowest BCUT2D eigenvalue weighted by Crippen LogP contribution is -2.27. The fourth-order valence-electron chi connectivity index (χ4n) is 2.34. The molecule has 0 aliphatic rings. The summed E-state index contributed by atoms with van der Waals surface area (Å²) in [5.74, 6) is 0.0401. The van der Waals surface area contributed by atoms with E-state index >= 15 is 0 Å². The lowest BCUT2D eigenvalue weighted by atomic mass is 10.2. The van der Waals surface area contributed by atoms with E-state index in [1.807, 2.05) is 54.0 Å². The number of fused-ring (bicyclic) bond motifs is 1. The maximum absolute atomic E-state index is 12.3. The number of carbonyl (C=O) groups excluding carboxylic acids is 1. The van der Waals surface area contributed by atoms with Crippen LogP contribution in [-0.2, 0) is 17.8 Å². The Labute approximate surface area is 134 Å². The Hall–Kier alpha value is -2.33. The average molecular weight is 314 g/mol. The van der Waals surface area contributed by atoms with E-state index in [0.717, 1.165) is 16.9 Å². The number of carbonyl (C=O) groups is 1. The number of hydrogen-bond donors (Lipinski definition) is 0. The van der Waals surface area contributed by atoms with E-state index in [9.17, 15) is 4.79 Å². The molecule has 0 unspecified atom stereocenters. The van der Waals surface area contributed by atoms with Gasteiger partial charge in [-0.15, -0.1) is 0 Å². The summed E-state index contributed by atoms with van der Waals surface area (Å²) in [5.41, 5.74) is 2.64. The topological polar surface area (TPSA) is 37.6 Å². The molecule has 0 saturated heterocycles. The van der Waals surface area contributed by atoms with Crippen molar-refractivity contribution < 1.29 is 4.79 Å². The number of imidazole rings is 1. The molecule has 0 N–H and O–H groups in total. The highest BCUT2D eigenvalue weighted by atomic mass is 35.5. The van der Waals surface area contributed by atoms with Gasteiger partial charge in [-0.25, -0.2) is 4.98 Å². The van der Waals surface area contributed by atoms with Gasteiger partial charge in [0.25, 0.3) is 0 Å². The fraction of sp³-hybridized carbons (Fsp3) is 0.176. The first-order chi connectivity index (χ1) is 10.6. The van der Waals surface area contributed by atoms with Gasteiger partial charge in [0.1, 0.15) is 5.65 Å². The molecule has 1 amide bonds. The van der Waals surface area contributed by atoms with Crippen molar-refractivity contribution in [1.29, 1.82) is 0 Å². The first kappa shape index (κ1) is 14.6. The lowest BCUT2D eigenvalue weighted by molar-refractivity contribution is -0.129. The number of benzene rings is 1. The normalized spacial score (nSPS) is 10.8. The van der Waals surface area contributed by atoms with Gasteiger partial charge in [0.15, 0.2) is 0 Å². The molecule has 0 radical (unpaired) electrons. The third-order valence-corrected chi connectivity index (χ3v) is 3.71. The molecule has 0 saturated carbocycles. The van der Waals surface area contributed by atoms with Crippen LogP contribution in [0.2, 0.25) is 5.02 Å². The van der Waals surface area contributed by atoms with Crippen molar-refractivity contribution in [3.05, 3.63) is 71.1 Å². The smallest absolute Gasteiger partial charge is 0.228 e. The zero-order valence-electron chi connectivity index (χ0n) is 12.2. The van der Waals surface area contributed by atoms with E-state index in [0.29, 0.717) is 11.6 Å². The van der Waals surface area contributed by atoms with Crippen molar-refractivity contribution in [1.82, 2.24) is 14.3 Å². The van der Waals surface area contributed by atoms with Crippen LogP contribution in [0.1, 0.15) is 11.3 Å². The number of nitrogens with zero attached hydrogens (tertiary/aromatic N) is 3. The van der Waals surface area contributed by atoms with Crippen LogP contribution in [0.25, 0.3) is 5.65 Å². The largest absolute Gasteiger partial charge is 0.341 e. The van der Waals surface area contributed by atoms with Gasteiger partial charge < -0.3 is 9.30 Å². The number of hydrogen-bond acceptors (Lipinski definition) is 2. The molecule has 2 heterocycles. The van der Waals surface area contributed by atoms with Gasteiger partial charge in [-0.05, 0) is 17.7 Å². The van der Waals surface area contributed by atoms with Gasteiger partial charge in [-0.2, -0.15) is 0 Å². The third kappa shape index (κ3) is 3.28. The summed E-state index contributed by atoms with van der Waals surface area (Å²) in [7, 11) is 1.81. The zero-order chi connectivity index (χ0) is 15.5. The second kappa shape index (κ2) is 6.20. The van der Waals surface area contributed by atoms with Crippen molar-refractivity contribution in [2.75, 3.05) is 7.05 Å². The van der Waals surface area contributed by atoms with Crippen LogP contribution in [0.3, 0.4) is 0 Å². The summed E-state index contributed by atoms with van der Waals surface area (Å²) in [4.78, 5) is 18.5. The van der Waals surface area contributed by atoms with Gasteiger partial charge in [0.2, 0.25) is 5.91 Å². The molecule has 4 nitrogen and oxygen atoms in total. The van der Waals surface area contributed by atoms with E-state index < -0.39 is 0 Å². The van der Waals surface area contributed by atoms with Crippen LogP contribution in [-0.4, -0.2) is 27.2 Å². The van der Waals surface area contributed by atoms with Crippen molar-refractivity contribution >= 4 is 23.2 Å². The third-order valence-electron chi connectivity index (χ3n) is 3.49. The van der Waals surface area contributed by atoms with E-state index in [4.69, 9.17) is 11.6 Å². The maximum Gasteiger partial charge on any atom is 0.228 e. The SMILES string of the molecule is CN(Cc1ccccc1)C(=O)Cc1cn2cc(Cl)ccc2n1. The summed E-state index contributed by atoms with van der Waals surface area (Å²) in [6.07, 6.45) is 3.91. The molecule has 22 heavy (non-hydrogen) atoms. The van der Waals surface area contributed by atoms with Crippen LogP contribution in [0, 0.1) is 0 Å².